The minimum Gasteiger partial charge on any atom is -0.496 e. The summed E-state index contributed by atoms with van der Waals surface area (Å²) in [6, 6.07) is 7.54. The molecule has 82 valence electrons. The fourth-order valence-corrected chi connectivity index (χ4v) is 2.49. The summed E-state index contributed by atoms with van der Waals surface area (Å²) in [5.41, 5.74) is 2.87. The quantitative estimate of drug-likeness (QED) is 0.756. The smallest absolute Gasteiger partial charge is 0.150 e. The number of ether oxygens (including phenoxy) is 1. The van der Waals surface area contributed by atoms with Crippen molar-refractivity contribution in [3.8, 4) is 16.2 Å². The number of carbonyl (C=O) groups excluding carboxylic acids is 1. The van der Waals surface area contributed by atoms with E-state index in [0.29, 0.717) is 5.56 Å². The van der Waals surface area contributed by atoms with E-state index in [1.165, 1.54) is 5.56 Å². The number of methoxy groups -OCH3 is 1. The number of rotatable bonds is 3. The standard InChI is InChI=1S/C13H12O2S/c1-9-5-13(16-8-9)11-6-10(7-14)3-4-12(11)15-2/h3-8H,1-2H3. The number of hydrogen-bond donors (Lipinski definition) is 0. The van der Waals surface area contributed by atoms with Crippen molar-refractivity contribution in [1.29, 1.82) is 0 Å². The highest BCUT2D eigenvalue weighted by molar-refractivity contribution is 7.13. The van der Waals surface area contributed by atoms with Crippen LogP contribution in [0.4, 0.5) is 0 Å². The zero-order valence-corrected chi connectivity index (χ0v) is 10.0. The van der Waals surface area contributed by atoms with Crippen LogP contribution < -0.4 is 4.74 Å². The number of aryl methyl sites for hydroxylation is 1. The zero-order valence-electron chi connectivity index (χ0n) is 9.19. The van der Waals surface area contributed by atoms with E-state index in [9.17, 15) is 4.79 Å². The molecule has 0 saturated carbocycles. The van der Waals surface area contributed by atoms with Crippen LogP contribution in [0, 0.1) is 6.92 Å². The molecule has 1 aromatic heterocycles. The molecule has 0 aliphatic heterocycles. The highest BCUT2D eigenvalue weighted by Crippen LogP contribution is 2.34. The van der Waals surface area contributed by atoms with Crippen LogP contribution >= 0.6 is 11.3 Å². The van der Waals surface area contributed by atoms with Gasteiger partial charge in [0.1, 0.15) is 12.0 Å². The molecule has 1 aromatic carbocycles. The van der Waals surface area contributed by atoms with Crippen LogP contribution in [0.3, 0.4) is 0 Å². The summed E-state index contributed by atoms with van der Waals surface area (Å²) in [4.78, 5) is 11.9. The maximum atomic E-state index is 10.8. The maximum absolute atomic E-state index is 10.8. The lowest BCUT2D eigenvalue weighted by atomic mass is 10.1. The van der Waals surface area contributed by atoms with Crippen LogP contribution in [-0.2, 0) is 0 Å². The molecule has 0 aliphatic rings. The van der Waals surface area contributed by atoms with Crippen LogP contribution in [0.1, 0.15) is 15.9 Å². The van der Waals surface area contributed by atoms with E-state index < -0.39 is 0 Å². The fourth-order valence-electron chi connectivity index (χ4n) is 1.56. The molecular weight excluding hydrogens is 220 g/mol. The Labute approximate surface area is 98.5 Å². The molecule has 0 amide bonds. The first-order chi connectivity index (χ1) is 7.74. The average Bonchev–Trinajstić information content (AvgIpc) is 2.75. The van der Waals surface area contributed by atoms with Gasteiger partial charge in [-0.15, -0.1) is 11.3 Å². The minimum atomic E-state index is 0.668. The number of carbonyl (C=O) groups is 1. The SMILES string of the molecule is COc1ccc(C=O)cc1-c1cc(C)cs1. The monoisotopic (exact) mass is 232 g/mol. The molecule has 2 rings (SSSR count). The van der Waals surface area contributed by atoms with Gasteiger partial charge in [0.15, 0.2) is 0 Å². The second kappa shape index (κ2) is 4.49. The Balaban J connectivity index is 2.56. The molecule has 16 heavy (non-hydrogen) atoms. The van der Waals surface area contributed by atoms with Gasteiger partial charge in [0.25, 0.3) is 0 Å². The molecule has 0 saturated heterocycles. The van der Waals surface area contributed by atoms with Crippen LogP contribution in [0.2, 0.25) is 0 Å². The lowest BCUT2D eigenvalue weighted by molar-refractivity contribution is 0.112. The Morgan fingerprint density at radius 2 is 2.12 bits per heavy atom. The summed E-state index contributed by atoms with van der Waals surface area (Å²) in [6.45, 7) is 2.05. The molecule has 3 heteroatoms. The first-order valence-corrected chi connectivity index (χ1v) is 5.81. The summed E-state index contributed by atoms with van der Waals surface area (Å²) in [5, 5.41) is 2.09. The maximum Gasteiger partial charge on any atom is 0.150 e. The van der Waals surface area contributed by atoms with Crippen molar-refractivity contribution >= 4 is 17.6 Å². The van der Waals surface area contributed by atoms with E-state index in [-0.39, 0.29) is 0 Å². The van der Waals surface area contributed by atoms with Gasteiger partial charge in [-0.05, 0) is 42.1 Å². The third kappa shape index (κ3) is 1.99. The molecule has 1 heterocycles. The van der Waals surface area contributed by atoms with Crippen LogP contribution in [0.5, 0.6) is 5.75 Å². The topological polar surface area (TPSA) is 26.3 Å². The van der Waals surface area contributed by atoms with E-state index in [1.54, 1.807) is 24.5 Å². The van der Waals surface area contributed by atoms with Crippen molar-refractivity contribution < 1.29 is 9.53 Å². The molecule has 0 aliphatic carbocycles. The van der Waals surface area contributed by atoms with Crippen molar-refractivity contribution in [2.75, 3.05) is 7.11 Å². The Kier molecular flexibility index (Phi) is 3.06. The predicted octanol–water partition coefficient (Wildman–Crippen LogP) is 3.54. The van der Waals surface area contributed by atoms with Gasteiger partial charge in [0.05, 0.1) is 7.11 Å². The molecule has 0 bridgehead atoms. The average molecular weight is 232 g/mol. The summed E-state index contributed by atoms with van der Waals surface area (Å²) >= 11 is 1.66. The van der Waals surface area contributed by atoms with E-state index in [2.05, 4.69) is 18.4 Å². The van der Waals surface area contributed by atoms with Gasteiger partial charge in [-0.25, -0.2) is 0 Å². The van der Waals surface area contributed by atoms with Gasteiger partial charge in [-0.3, -0.25) is 4.79 Å². The summed E-state index contributed by atoms with van der Waals surface area (Å²) in [5.74, 6) is 0.799. The van der Waals surface area contributed by atoms with Crippen molar-refractivity contribution in [3.05, 3.63) is 40.8 Å². The van der Waals surface area contributed by atoms with Crippen LogP contribution in [0.25, 0.3) is 10.4 Å². The summed E-state index contributed by atoms with van der Waals surface area (Å²) in [7, 11) is 1.64. The fraction of sp³-hybridized carbons (Fsp3) is 0.154. The van der Waals surface area contributed by atoms with Crippen molar-refractivity contribution in [2.45, 2.75) is 6.92 Å². The van der Waals surface area contributed by atoms with Crippen LogP contribution in [-0.4, -0.2) is 13.4 Å². The van der Waals surface area contributed by atoms with Gasteiger partial charge in [0, 0.05) is 16.0 Å². The molecule has 0 atom stereocenters. The zero-order chi connectivity index (χ0) is 11.5. The second-order valence-corrected chi connectivity index (χ2v) is 4.48. The van der Waals surface area contributed by atoms with Gasteiger partial charge in [-0.2, -0.15) is 0 Å². The van der Waals surface area contributed by atoms with Gasteiger partial charge in [-0.1, -0.05) is 0 Å². The number of benzene rings is 1. The minimum absolute atomic E-state index is 0.668. The molecule has 0 N–H and O–H groups in total. The molecule has 2 aromatic rings. The van der Waals surface area contributed by atoms with Crippen molar-refractivity contribution in [3.63, 3.8) is 0 Å². The summed E-state index contributed by atoms with van der Waals surface area (Å²) in [6.07, 6.45) is 0.851. The van der Waals surface area contributed by atoms with Gasteiger partial charge in [0.2, 0.25) is 0 Å². The number of thiophene rings is 1. The first-order valence-electron chi connectivity index (χ1n) is 4.93. The molecular formula is C13H12O2S. The van der Waals surface area contributed by atoms with Gasteiger partial charge >= 0.3 is 0 Å². The largest absolute Gasteiger partial charge is 0.496 e. The van der Waals surface area contributed by atoms with E-state index >= 15 is 0 Å². The Bertz CT molecular complexity index is 514. The van der Waals surface area contributed by atoms with Gasteiger partial charge < -0.3 is 4.74 Å². The van der Waals surface area contributed by atoms with Crippen molar-refractivity contribution in [1.82, 2.24) is 0 Å². The third-order valence-corrected chi connectivity index (χ3v) is 3.44. The highest BCUT2D eigenvalue weighted by Gasteiger charge is 2.08. The first kappa shape index (κ1) is 10.9. The molecule has 0 radical (unpaired) electrons. The molecule has 0 spiro atoms. The molecule has 0 unspecified atom stereocenters. The number of aldehydes is 1. The lowest BCUT2D eigenvalue weighted by Gasteiger charge is -2.06. The predicted molar refractivity (Wildman–Crippen MR) is 66.4 cm³/mol. The lowest BCUT2D eigenvalue weighted by Crippen LogP contribution is -1.88. The normalized spacial score (nSPS) is 10.1. The molecule has 2 nitrogen and oxygen atoms in total. The summed E-state index contributed by atoms with van der Waals surface area (Å²) < 4.78 is 5.30. The van der Waals surface area contributed by atoms with Crippen molar-refractivity contribution in [2.24, 2.45) is 0 Å². The van der Waals surface area contributed by atoms with E-state index in [1.807, 2.05) is 12.1 Å². The Hall–Kier alpha value is -1.61. The van der Waals surface area contributed by atoms with Crippen LogP contribution in [0.15, 0.2) is 29.6 Å². The van der Waals surface area contributed by atoms with E-state index in [0.717, 1.165) is 22.5 Å². The Morgan fingerprint density at radius 1 is 1.31 bits per heavy atom. The second-order valence-electron chi connectivity index (χ2n) is 3.57. The molecule has 0 fully saturated rings. The third-order valence-electron chi connectivity index (χ3n) is 2.36. The van der Waals surface area contributed by atoms with E-state index in [4.69, 9.17) is 4.74 Å². The highest BCUT2D eigenvalue weighted by atomic mass is 32.1. The number of hydrogen-bond acceptors (Lipinski definition) is 3. The Morgan fingerprint density at radius 3 is 2.69 bits per heavy atom.